The highest BCUT2D eigenvalue weighted by Gasteiger charge is 2.31. The van der Waals surface area contributed by atoms with E-state index in [1.54, 1.807) is 107 Å². The number of hydrogen-bond donors (Lipinski definition) is 15. The molecule has 0 saturated heterocycles. The molecule has 0 fully saturated rings. The summed E-state index contributed by atoms with van der Waals surface area (Å²) in [5.74, 6) is -2.53. The zero-order valence-corrected chi connectivity index (χ0v) is 51.6. The van der Waals surface area contributed by atoms with Gasteiger partial charge in [-0.05, 0) is 78.6 Å². The largest absolute Gasteiger partial charge is 0.478 e. The van der Waals surface area contributed by atoms with E-state index < -0.39 is 101 Å². The van der Waals surface area contributed by atoms with Crippen molar-refractivity contribution in [2.45, 2.75) is 198 Å². The number of guanidine groups is 1. The summed E-state index contributed by atoms with van der Waals surface area (Å²) in [7, 11) is -4.97. The third kappa shape index (κ3) is 44.0. The van der Waals surface area contributed by atoms with E-state index >= 15 is 0 Å². The molecule has 22 heteroatoms. The van der Waals surface area contributed by atoms with Gasteiger partial charge in [-0.3, -0.25) is 14.5 Å². The van der Waals surface area contributed by atoms with Crippen LogP contribution < -0.4 is 11.5 Å². The quantitative estimate of drug-likeness (QED) is 0.00674. The number of aliphatic hydroxyl groups excluding tert-OH is 11. The van der Waals surface area contributed by atoms with E-state index in [-0.39, 0.29) is 80.6 Å². The molecule has 0 amide bonds. The van der Waals surface area contributed by atoms with Crippen molar-refractivity contribution < 1.29 is 83.2 Å². The molecule has 15 atom stereocenters. The van der Waals surface area contributed by atoms with Crippen molar-refractivity contribution in [2.75, 3.05) is 6.54 Å². The highest BCUT2D eigenvalue weighted by molar-refractivity contribution is 7.80. The van der Waals surface area contributed by atoms with E-state index in [0.29, 0.717) is 19.4 Å². The average molecular weight is 1230 g/mol. The molecule has 0 radical (unpaired) electrons. The van der Waals surface area contributed by atoms with Gasteiger partial charge in [-0.2, -0.15) is 8.42 Å². The third-order valence-electron chi connectivity index (χ3n) is 13.0. The number of nitrogens with two attached hydrogens (primary N) is 2. The molecule has 0 rings (SSSR count). The SMILES string of the molecule is C\C(=C/C=C/C=C/CC/C=C/C(C)C(O)C(C)C(O)/C=C/C=C/C=C/C=C/C=C/C=C\C(OS(=O)(=O)O)C(C)C(=NC(C)C)C(O)CC(O)/C=C/CC(O)CC(O)CC(O)/C=C/CC(O)CC(O)/C=C/CC(O)CC(O)CCCN=C(N)N)C(=O)O. The van der Waals surface area contributed by atoms with Gasteiger partial charge in [-0.1, -0.05) is 173 Å². The minimum Gasteiger partial charge on any atom is -0.478 e. The Bertz CT molecular complexity index is 2460. The van der Waals surface area contributed by atoms with Crippen LogP contribution in [0.3, 0.4) is 0 Å². The fourth-order valence-corrected chi connectivity index (χ4v) is 8.74. The number of nitrogens with zero attached hydrogens (tertiary/aromatic N) is 2. The lowest BCUT2D eigenvalue weighted by Gasteiger charge is -2.26. The van der Waals surface area contributed by atoms with Gasteiger partial charge in [0.2, 0.25) is 0 Å². The zero-order valence-electron chi connectivity index (χ0n) is 50.8. The van der Waals surface area contributed by atoms with Gasteiger partial charge in [0.25, 0.3) is 0 Å². The van der Waals surface area contributed by atoms with Crippen molar-refractivity contribution in [1.29, 1.82) is 0 Å². The highest BCUT2D eigenvalue weighted by atomic mass is 32.3. The number of hydrogen-bond acceptors (Lipinski definition) is 17. The summed E-state index contributed by atoms with van der Waals surface area (Å²) in [4.78, 5) is 19.1. The predicted molar refractivity (Wildman–Crippen MR) is 340 cm³/mol. The number of allylic oxidation sites excluding steroid dienone is 16. The predicted octanol–water partition coefficient (Wildman–Crippen LogP) is 5.56. The number of aliphatic hydroxyl groups is 11. The van der Waals surface area contributed by atoms with Crippen LogP contribution in [0.25, 0.3) is 0 Å². The Labute approximate surface area is 510 Å². The minimum absolute atomic E-state index is 0.00767. The molecule has 0 aliphatic heterocycles. The van der Waals surface area contributed by atoms with Gasteiger partial charge in [0.1, 0.15) is 6.10 Å². The molecule has 15 unspecified atom stereocenters. The van der Waals surface area contributed by atoms with Crippen LogP contribution in [0.2, 0.25) is 0 Å². The summed E-state index contributed by atoms with van der Waals surface area (Å²) in [5.41, 5.74) is 10.9. The Morgan fingerprint density at radius 1 is 0.547 bits per heavy atom. The number of carboxylic acids is 1. The number of carboxylic acid groups (broad SMARTS) is 1. The smallest absolute Gasteiger partial charge is 0.397 e. The van der Waals surface area contributed by atoms with Gasteiger partial charge < -0.3 is 72.7 Å². The molecule has 86 heavy (non-hydrogen) atoms. The van der Waals surface area contributed by atoms with Crippen molar-refractivity contribution in [1.82, 2.24) is 0 Å². The number of rotatable bonds is 46. The first-order valence-corrected chi connectivity index (χ1v) is 30.6. The molecule has 21 nitrogen and oxygen atoms in total. The molecule has 0 aliphatic rings. The molecule has 0 aromatic carbocycles. The average Bonchev–Trinajstić information content (AvgIpc) is 2.14. The number of unbranched alkanes of at least 4 members (excludes halogenated alkanes) is 1. The van der Waals surface area contributed by atoms with E-state index in [1.807, 2.05) is 31.2 Å². The Morgan fingerprint density at radius 2 is 1.01 bits per heavy atom. The van der Waals surface area contributed by atoms with Crippen LogP contribution in [-0.4, -0.2) is 178 Å². The van der Waals surface area contributed by atoms with Gasteiger partial charge in [0.15, 0.2) is 5.96 Å². The van der Waals surface area contributed by atoms with Crippen molar-refractivity contribution in [3.05, 3.63) is 157 Å². The summed E-state index contributed by atoms with van der Waals surface area (Å²) in [6.07, 6.45) is 31.1. The zero-order chi connectivity index (χ0) is 65.0. The molecule has 17 N–H and O–H groups in total. The first-order valence-electron chi connectivity index (χ1n) is 29.2. The van der Waals surface area contributed by atoms with E-state index in [0.717, 1.165) is 12.8 Å². The Balaban J connectivity index is 5.15. The van der Waals surface area contributed by atoms with Crippen LogP contribution in [-0.2, 0) is 19.4 Å². The lowest BCUT2D eigenvalue weighted by Crippen LogP contribution is -2.38. The second-order valence-electron chi connectivity index (χ2n) is 21.5. The van der Waals surface area contributed by atoms with Crippen molar-refractivity contribution in [3.8, 4) is 0 Å². The fraction of sp³-hybridized carbons (Fsp3) is 0.547. The number of carbonyl (C=O) groups is 1. The summed E-state index contributed by atoms with van der Waals surface area (Å²) in [6.45, 7) is 10.6. The molecule has 0 spiro atoms. The molecule has 0 aromatic heterocycles. The van der Waals surface area contributed by atoms with Crippen molar-refractivity contribution in [3.63, 3.8) is 0 Å². The van der Waals surface area contributed by atoms with Crippen LogP contribution in [0.4, 0.5) is 0 Å². The Kier molecular flexibility index (Phi) is 44.5. The molecular weight excluding hydrogens is 1130 g/mol. The maximum atomic E-state index is 11.9. The van der Waals surface area contributed by atoms with Gasteiger partial charge in [0, 0.05) is 60.9 Å². The van der Waals surface area contributed by atoms with Crippen molar-refractivity contribution in [2.24, 2.45) is 39.2 Å². The molecule has 0 saturated carbocycles. The summed E-state index contributed by atoms with van der Waals surface area (Å²) in [5, 5.41) is 125. The van der Waals surface area contributed by atoms with Gasteiger partial charge >= 0.3 is 16.4 Å². The third-order valence-corrected chi connectivity index (χ3v) is 13.5. The van der Waals surface area contributed by atoms with E-state index in [9.17, 15) is 73.9 Å². The van der Waals surface area contributed by atoms with Gasteiger partial charge in [-0.15, -0.1) is 0 Å². The van der Waals surface area contributed by atoms with Crippen LogP contribution >= 0.6 is 0 Å². The van der Waals surface area contributed by atoms with Crippen molar-refractivity contribution >= 4 is 28.0 Å². The monoisotopic (exact) mass is 1230 g/mol. The Morgan fingerprint density at radius 3 is 1.52 bits per heavy atom. The van der Waals surface area contributed by atoms with Gasteiger partial charge in [0.05, 0.1) is 67.1 Å². The molecule has 0 bridgehead atoms. The molecule has 0 aromatic rings. The summed E-state index contributed by atoms with van der Waals surface area (Å²) >= 11 is 0. The first-order chi connectivity index (χ1) is 40.5. The standard InChI is InChI=1S/C64H102N4O17S/c1-45(2)68-61(59(78)44-56(75)35-26-34-54(73)43-57(76)42-53(72)33-25-32-51(70)40-50(69)30-24-31-52(71)41-55(74)36-27-39-67-64(65)66)49(6)60(85-86(82,83)84)38-23-19-15-10-8-7-9-14-18-22-37-58(77)48(5)62(79)46(3)28-20-16-12-11-13-17-21-29-47(4)63(80)81/h7-11,13-15,17-26,28-30,33,35,37-38,45-46,48-60,62,69-79H,12,16,27,31-32,34,36,39-44H2,1-6H3,(H,80,81)(H4,65,66,67)(H,82,83,84)/b9-7+,10-8+,13-11+,18-14+,19-15+,21-17+,28-20+,30-24+,33-25+,35-26+,37-22+,38-23-,47-29+,68-61?. The maximum Gasteiger partial charge on any atom is 0.397 e. The lowest BCUT2D eigenvalue weighted by atomic mass is 9.88. The van der Waals surface area contributed by atoms with Crippen LogP contribution in [0.1, 0.15) is 119 Å². The van der Waals surface area contributed by atoms with Crippen LogP contribution in [0.5, 0.6) is 0 Å². The second-order valence-corrected chi connectivity index (χ2v) is 22.6. The van der Waals surface area contributed by atoms with E-state index in [1.165, 1.54) is 55.5 Å². The Hall–Kier alpha value is -5.54. The number of aliphatic imine (C=N–C) groups is 2. The van der Waals surface area contributed by atoms with E-state index in [2.05, 4.69) is 9.98 Å². The maximum absolute atomic E-state index is 11.9. The summed E-state index contributed by atoms with van der Waals surface area (Å²) < 4.78 is 38.4. The minimum atomic E-state index is -4.97. The second kappa shape index (κ2) is 47.5. The molecule has 0 aliphatic carbocycles. The van der Waals surface area contributed by atoms with Crippen LogP contribution in [0.15, 0.2) is 167 Å². The topological polar surface area (TPSA) is 400 Å². The fourth-order valence-electron chi connectivity index (χ4n) is 8.23. The summed E-state index contributed by atoms with van der Waals surface area (Å²) in [6, 6.07) is -0.369. The number of aliphatic carboxylic acids is 1. The van der Waals surface area contributed by atoms with Crippen LogP contribution in [0, 0.1) is 17.8 Å². The highest BCUT2D eigenvalue weighted by Crippen LogP contribution is 2.22. The molecule has 486 valence electrons. The molecule has 0 heterocycles. The van der Waals surface area contributed by atoms with Gasteiger partial charge in [-0.25, -0.2) is 8.98 Å². The molecular formula is C64H102N4O17S. The lowest BCUT2D eigenvalue weighted by molar-refractivity contribution is -0.132. The normalized spacial score (nSPS) is 19.2. The van der Waals surface area contributed by atoms with E-state index in [4.69, 9.17) is 20.8 Å². The first kappa shape index (κ1) is 80.5.